The molecule has 0 N–H and O–H groups in total. The fourth-order valence-electron chi connectivity index (χ4n) is 1.46. The molecule has 0 saturated carbocycles. The van der Waals surface area contributed by atoms with Crippen LogP contribution in [0.2, 0.25) is 0 Å². The van der Waals surface area contributed by atoms with Gasteiger partial charge in [-0.2, -0.15) is 0 Å². The summed E-state index contributed by atoms with van der Waals surface area (Å²) in [6, 6.07) is 8.06. The molecule has 0 aromatic heterocycles. The molecule has 0 spiro atoms. The molecule has 1 unspecified atom stereocenters. The number of ketones is 1. The smallest absolute Gasteiger partial charge is 0.135 e. The van der Waals surface area contributed by atoms with E-state index in [1.54, 1.807) is 0 Å². The van der Waals surface area contributed by atoms with Crippen LogP contribution >= 0.6 is 15.9 Å². The summed E-state index contributed by atoms with van der Waals surface area (Å²) in [4.78, 5) is 11.4. The average Bonchev–Trinajstić information content (AvgIpc) is 2.20. The lowest BCUT2D eigenvalue weighted by Gasteiger charge is -2.10. The van der Waals surface area contributed by atoms with Crippen LogP contribution in [-0.2, 0) is 11.2 Å². The molecule has 1 nitrogen and oxygen atoms in total. The van der Waals surface area contributed by atoms with Crippen molar-refractivity contribution in [1.29, 1.82) is 0 Å². The van der Waals surface area contributed by atoms with E-state index < -0.39 is 0 Å². The molecular formula is C12H15BrO. The maximum Gasteiger partial charge on any atom is 0.135 e. The Bertz CT molecular complexity index is 320. The molecule has 0 amide bonds. The first-order valence-electron chi connectivity index (χ1n) is 4.91. The van der Waals surface area contributed by atoms with Crippen LogP contribution in [0.5, 0.6) is 0 Å². The van der Waals surface area contributed by atoms with Gasteiger partial charge in [0.2, 0.25) is 0 Å². The fourth-order valence-corrected chi connectivity index (χ4v) is 1.90. The van der Waals surface area contributed by atoms with Gasteiger partial charge in [-0.15, -0.1) is 0 Å². The maximum absolute atomic E-state index is 11.4. The highest BCUT2D eigenvalue weighted by molar-refractivity contribution is 9.10. The van der Waals surface area contributed by atoms with Crippen LogP contribution < -0.4 is 0 Å². The van der Waals surface area contributed by atoms with Gasteiger partial charge in [-0.3, -0.25) is 4.79 Å². The van der Waals surface area contributed by atoms with Crippen molar-refractivity contribution in [3.8, 4) is 0 Å². The summed E-state index contributed by atoms with van der Waals surface area (Å²) in [5.41, 5.74) is 1.21. The minimum absolute atomic E-state index is 0.124. The fraction of sp³-hybridized carbons (Fsp3) is 0.417. The summed E-state index contributed by atoms with van der Waals surface area (Å²) in [7, 11) is 0. The molecular weight excluding hydrogens is 240 g/mol. The van der Waals surface area contributed by atoms with Crippen molar-refractivity contribution < 1.29 is 4.79 Å². The van der Waals surface area contributed by atoms with Gasteiger partial charge in [-0.05, 0) is 18.1 Å². The molecule has 1 rings (SSSR count). The van der Waals surface area contributed by atoms with Crippen LogP contribution in [0.25, 0.3) is 0 Å². The SMILES string of the molecule is CCC(=O)C(C)Cc1ccccc1Br. The summed E-state index contributed by atoms with van der Waals surface area (Å²) in [5, 5.41) is 0. The lowest BCUT2D eigenvalue weighted by atomic mass is 9.96. The minimum Gasteiger partial charge on any atom is -0.299 e. The Kier molecular flexibility index (Phi) is 4.33. The van der Waals surface area contributed by atoms with E-state index in [1.807, 2.05) is 32.0 Å². The van der Waals surface area contributed by atoms with Crippen LogP contribution in [0.1, 0.15) is 25.8 Å². The van der Waals surface area contributed by atoms with Crippen molar-refractivity contribution >= 4 is 21.7 Å². The highest BCUT2D eigenvalue weighted by atomic mass is 79.9. The zero-order chi connectivity index (χ0) is 10.6. The zero-order valence-electron chi connectivity index (χ0n) is 8.59. The standard InChI is InChI=1S/C12H15BrO/c1-3-12(14)9(2)8-10-6-4-5-7-11(10)13/h4-7,9H,3,8H2,1-2H3. The Balaban J connectivity index is 2.69. The number of benzene rings is 1. The number of hydrogen-bond acceptors (Lipinski definition) is 1. The number of carbonyl (C=O) groups is 1. The highest BCUT2D eigenvalue weighted by Gasteiger charge is 2.12. The molecule has 0 bridgehead atoms. The van der Waals surface area contributed by atoms with E-state index in [0.717, 1.165) is 10.9 Å². The van der Waals surface area contributed by atoms with E-state index in [1.165, 1.54) is 5.56 Å². The number of rotatable bonds is 4. The molecule has 76 valence electrons. The number of halogens is 1. The van der Waals surface area contributed by atoms with Crippen LogP contribution in [0.4, 0.5) is 0 Å². The Morgan fingerprint density at radius 1 is 1.43 bits per heavy atom. The Labute approximate surface area is 93.7 Å². The molecule has 1 aromatic rings. The Morgan fingerprint density at radius 3 is 2.64 bits per heavy atom. The first-order valence-corrected chi connectivity index (χ1v) is 5.70. The Morgan fingerprint density at radius 2 is 2.07 bits per heavy atom. The van der Waals surface area contributed by atoms with Crippen LogP contribution in [0.15, 0.2) is 28.7 Å². The van der Waals surface area contributed by atoms with Gasteiger partial charge in [-0.1, -0.05) is 48.0 Å². The third kappa shape index (κ3) is 2.95. The number of Topliss-reactive ketones (excluding diaryl/α,β-unsaturated/α-hetero) is 1. The molecule has 0 radical (unpaired) electrons. The van der Waals surface area contributed by atoms with Crippen LogP contribution in [0.3, 0.4) is 0 Å². The lowest BCUT2D eigenvalue weighted by Crippen LogP contribution is -2.12. The van der Waals surface area contributed by atoms with Crippen molar-refractivity contribution in [3.63, 3.8) is 0 Å². The molecule has 0 aliphatic carbocycles. The number of hydrogen-bond donors (Lipinski definition) is 0. The first kappa shape index (κ1) is 11.4. The number of carbonyl (C=O) groups excluding carboxylic acids is 1. The van der Waals surface area contributed by atoms with E-state index >= 15 is 0 Å². The van der Waals surface area contributed by atoms with Gasteiger partial charge in [-0.25, -0.2) is 0 Å². The second-order valence-corrected chi connectivity index (χ2v) is 4.37. The second-order valence-electron chi connectivity index (χ2n) is 3.52. The largest absolute Gasteiger partial charge is 0.299 e. The second kappa shape index (κ2) is 5.30. The summed E-state index contributed by atoms with van der Waals surface area (Å²) in [6.07, 6.45) is 1.46. The molecule has 0 fully saturated rings. The van der Waals surface area contributed by atoms with Crippen molar-refractivity contribution in [2.24, 2.45) is 5.92 Å². The molecule has 1 atom stereocenters. The van der Waals surface area contributed by atoms with Gasteiger partial charge in [0, 0.05) is 16.8 Å². The lowest BCUT2D eigenvalue weighted by molar-refractivity contribution is -0.122. The molecule has 0 saturated heterocycles. The molecule has 0 heterocycles. The normalized spacial score (nSPS) is 12.5. The first-order chi connectivity index (χ1) is 6.65. The van der Waals surface area contributed by atoms with Crippen LogP contribution in [-0.4, -0.2) is 5.78 Å². The predicted molar refractivity (Wildman–Crippen MR) is 62.3 cm³/mol. The summed E-state index contributed by atoms with van der Waals surface area (Å²) < 4.78 is 1.09. The molecule has 14 heavy (non-hydrogen) atoms. The van der Waals surface area contributed by atoms with E-state index in [0.29, 0.717) is 12.2 Å². The van der Waals surface area contributed by atoms with E-state index in [4.69, 9.17) is 0 Å². The molecule has 0 aliphatic rings. The van der Waals surface area contributed by atoms with Crippen molar-refractivity contribution in [1.82, 2.24) is 0 Å². The summed E-state index contributed by atoms with van der Waals surface area (Å²) in [6.45, 7) is 3.91. The van der Waals surface area contributed by atoms with E-state index in [2.05, 4.69) is 22.0 Å². The van der Waals surface area contributed by atoms with Crippen molar-refractivity contribution in [2.75, 3.05) is 0 Å². The average molecular weight is 255 g/mol. The Hall–Kier alpha value is -0.630. The quantitative estimate of drug-likeness (QED) is 0.803. The third-order valence-electron chi connectivity index (χ3n) is 2.38. The summed E-state index contributed by atoms with van der Waals surface area (Å²) >= 11 is 3.48. The van der Waals surface area contributed by atoms with Gasteiger partial charge in [0.15, 0.2) is 0 Å². The zero-order valence-corrected chi connectivity index (χ0v) is 10.2. The van der Waals surface area contributed by atoms with E-state index in [9.17, 15) is 4.79 Å². The summed E-state index contributed by atoms with van der Waals surface area (Å²) in [5.74, 6) is 0.458. The molecule has 1 aromatic carbocycles. The minimum atomic E-state index is 0.124. The highest BCUT2D eigenvalue weighted by Crippen LogP contribution is 2.20. The van der Waals surface area contributed by atoms with Crippen LogP contribution in [0, 0.1) is 5.92 Å². The van der Waals surface area contributed by atoms with Crippen molar-refractivity contribution in [3.05, 3.63) is 34.3 Å². The van der Waals surface area contributed by atoms with Gasteiger partial charge >= 0.3 is 0 Å². The van der Waals surface area contributed by atoms with Gasteiger partial charge in [0.05, 0.1) is 0 Å². The van der Waals surface area contributed by atoms with Crippen molar-refractivity contribution in [2.45, 2.75) is 26.7 Å². The van der Waals surface area contributed by atoms with E-state index in [-0.39, 0.29) is 5.92 Å². The third-order valence-corrected chi connectivity index (χ3v) is 3.16. The predicted octanol–water partition coefficient (Wildman–Crippen LogP) is 3.61. The topological polar surface area (TPSA) is 17.1 Å². The molecule has 2 heteroatoms. The maximum atomic E-state index is 11.4. The van der Waals surface area contributed by atoms with Gasteiger partial charge in [0.25, 0.3) is 0 Å². The monoisotopic (exact) mass is 254 g/mol. The molecule has 0 aliphatic heterocycles. The van der Waals surface area contributed by atoms with Gasteiger partial charge in [0.1, 0.15) is 5.78 Å². The van der Waals surface area contributed by atoms with Gasteiger partial charge < -0.3 is 0 Å².